The number of carbonyl (C=O) groups is 1. The van der Waals surface area contributed by atoms with E-state index in [0.717, 1.165) is 29.8 Å². The third kappa shape index (κ3) is 9.77. The number of aliphatic hydroxyl groups is 1. The molecular formula is C22H28Cl2N6O2S. The highest BCUT2D eigenvalue weighted by Gasteiger charge is 2.09. The van der Waals surface area contributed by atoms with Crippen molar-refractivity contribution in [1.29, 1.82) is 5.41 Å². The maximum Gasteiger partial charge on any atom is 0.230 e. The van der Waals surface area contributed by atoms with Crippen LogP contribution >= 0.6 is 36.2 Å². The fraction of sp³-hybridized carbons (Fsp3) is 0.227. The summed E-state index contributed by atoms with van der Waals surface area (Å²) in [6.45, 7) is 1.24. The van der Waals surface area contributed by atoms with Crippen LogP contribution in [0.15, 0.2) is 60.0 Å². The van der Waals surface area contributed by atoms with Crippen LogP contribution in [-0.4, -0.2) is 35.0 Å². The summed E-state index contributed by atoms with van der Waals surface area (Å²) in [4.78, 5) is 16.4. The first-order valence-electron chi connectivity index (χ1n) is 9.87. The molecule has 1 aromatic heterocycles. The van der Waals surface area contributed by atoms with Gasteiger partial charge in [0.1, 0.15) is 0 Å². The average Bonchev–Trinajstić information content (AvgIpc) is 3.18. The van der Waals surface area contributed by atoms with Gasteiger partial charge in [0.2, 0.25) is 5.91 Å². The highest BCUT2D eigenvalue weighted by molar-refractivity contribution is 7.13. The number of benzene rings is 2. The van der Waals surface area contributed by atoms with Crippen LogP contribution in [-0.2, 0) is 17.6 Å². The number of nitrogens with two attached hydrogens (primary N) is 1. The van der Waals surface area contributed by atoms with E-state index in [9.17, 15) is 9.90 Å². The van der Waals surface area contributed by atoms with Gasteiger partial charge in [0.15, 0.2) is 11.1 Å². The number of anilines is 2. The molecule has 1 heterocycles. The van der Waals surface area contributed by atoms with Crippen LogP contribution in [0.25, 0.3) is 0 Å². The zero-order valence-corrected chi connectivity index (χ0v) is 20.2. The number of guanidine groups is 1. The van der Waals surface area contributed by atoms with Crippen molar-refractivity contribution in [3.8, 4) is 0 Å². The fourth-order valence-electron chi connectivity index (χ4n) is 2.95. The number of nitrogens with zero attached hydrogens (tertiary/aromatic N) is 1. The van der Waals surface area contributed by atoms with Gasteiger partial charge in [0.05, 0.1) is 18.2 Å². The lowest BCUT2D eigenvalue weighted by Gasteiger charge is -2.12. The number of carbonyl (C=O) groups excluding carboxylic acids is 1. The van der Waals surface area contributed by atoms with Crippen molar-refractivity contribution >= 4 is 58.8 Å². The van der Waals surface area contributed by atoms with E-state index >= 15 is 0 Å². The number of halogens is 2. The number of aliphatic hydroxyl groups excluding tert-OH is 1. The molecule has 0 radical (unpaired) electrons. The summed E-state index contributed by atoms with van der Waals surface area (Å²) < 4.78 is 0. The highest BCUT2D eigenvalue weighted by atomic mass is 35.5. The highest BCUT2D eigenvalue weighted by Crippen LogP contribution is 2.16. The Morgan fingerprint density at radius 1 is 1.09 bits per heavy atom. The second kappa shape index (κ2) is 14.5. The van der Waals surface area contributed by atoms with Crippen molar-refractivity contribution in [3.05, 3.63) is 76.8 Å². The van der Waals surface area contributed by atoms with Crippen LogP contribution in [0.5, 0.6) is 0 Å². The maximum atomic E-state index is 12.2. The predicted octanol–water partition coefficient (Wildman–Crippen LogP) is 3.34. The van der Waals surface area contributed by atoms with Gasteiger partial charge in [-0.05, 0) is 36.2 Å². The minimum Gasteiger partial charge on any atom is -0.387 e. The Kier molecular flexibility index (Phi) is 12.4. The second-order valence-electron chi connectivity index (χ2n) is 6.99. The van der Waals surface area contributed by atoms with Gasteiger partial charge in [-0.15, -0.1) is 36.2 Å². The summed E-state index contributed by atoms with van der Waals surface area (Å²) in [6.07, 6.45) is 0.442. The van der Waals surface area contributed by atoms with Crippen LogP contribution in [0, 0.1) is 5.41 Å². The third-order valence-corrected chi connectivity index (χ3v) is 5.29. The molecule has 0 aliphatic carbocycles. The number of hydrogen-bond acceptors (Lipinski definition) is 6. The molecule has 11 heteroatoms. The van der Waals surface area contributed by atoms with Gasteiger partial charge < -0.3 is 26.8 Å². The van der Waals surface area contributed by atoms with E-state index < -0.39 is 6.10 Å². The van der Waals surface area contributed by atoms with Crippen molar-refractivity contribution < 1.29 is 9.90 Å². The summed E-state index contributed by atoms with van der Waals surface area (Å²) in [5, 5.41) is 28.3. The van der Waals surface area contributed by atoms with Crippen molar-refractivity contribution in [1.82, 2.24) is 10.3 Å². The molecule has 8 nitrogen and oxygen atoms in total. The van der Waals surface area contributed by atoms with Crippen LogP contribution in [0.3, 0.4) is 0 Å². The zero-order chi connectivity index (χ0) is 22.1. The lowest BCUT2D eigenvalue weighted by Crippen LogP contribution is -2.23. The normalized spacial score (nSPS) is 10.9. The first kappa shape index (κ1) is 28.3. The monoisotopic (exact) mass is 510 g/mol. The van der Waals surface area contributed by atoms with Gasteiger partial charge in [-0.2, -0.15) is 0 Å². The number of nitrogens with one attached hydrogen (secondary N) is 4. The Morgan fingerprint density at radius 2 is 1.79 bits per heavy atom. The molecule has 0 saturated heterocycles. The smallest absolute Gasteiger partial charge is 0.230 e. The van der Waals surface area contributed by atoms with Crippen molar-refractivity contribution in [2.24, 2.45) is 5.73 Å². The summed E-state index contributed by atoms with van der Waals surface area (Å²) in [7, 11) is 0. The van der Waals surface area contributed by atoms with Crippen molar-refractivity contribution in [3.63, 3.8) is 0 Å². The second-order valence-corrected chi connectivity index (χ2v) is 7.84. The summed E-state index contributed by atoms with van der Waals surface area (Å²) in [5.74, 6) is -0.350. The maximum absolute atomic E-state index is 12.2. The number of thiazole rings is 1. The van der Waals surface area contributed by atoms with E-state index in [2.05, 4.69) is 20.9 Å². The Morgan fingerprint density at radius 3 is 2.45 bits per heavy atom. The molecule has 0 spiro atoms. The van der Waals surface area contributed by atoms with Gasteiger partial charge in [0.25, 0.3) is 0 Å². The van der Waals surface area contributed by atoms with Gasteiger partial charge in [0, 0.05) is 17.6 Å². The summed E-state index contributed by atoms with van der Waals surface area (Å²) >= 11 is 1.29. The molecule has 1 unspecified atom stereocenters. The molecule has 1 amide bonds. The largest absolute Gasteiger partial charge is 0.387 e. The summed E-state index contributed by atoms with van der Waals surface area (Å²) in [6, 6.07) is 17.3. The minimum absolute atomic E-state index is 0. The molecule has 0 aliphatic rings. The standard InChI is InChI=1S/C22H26N6O2S.2ClH/c23-21(24)28-22-27-18(14-31-22)12-20(30)26-17-8-6-15(7-9-17)10-11-25-13-19(29)16-4-2-1-3-5-16;;/h1-9,14,19,25,29H,10-13H2,(H,26,30)(H4,23,24,27,28);2*1H. The molecule has 33 heavy (non-hydrogen) atoms. The third-order valence-electron chi connectivity index (χ3n) is 4.49. The molecular weight excluding hydrogens is 483 g/mol. The van der Waals surface area contributed by atoms with E-state index in [1.165, 1.54) is 11.3 Å². The number of amides is 1. The van der Waals surface area contributed by atoms with E-state index in [1.807, 2.05) is 54.6 Å². The fourth-order valence-corrected chi connectivity index (χ4v) is 3.67. The van der Waals surface area contributed by atoms with Crippen LogP contribution in [0.1, 0.15) is 22.9 Å². The number of rotatable bonds is 10. The lowest BCUT2D eigenvalue weighted by molar-refractivity contribution is -0.115. The summed E-state index contributed by atoms with van der Waals surface area (Å²) in [5.41, 5.74) is 8.65. The average molecular weight is 511 g/mol. The molecule has 1 atom stereocenters. The van der Waals surface area contributed by atoms with Gasteiger partial charge in [-0.25, -0.2) is 4.98 Å². The first-order valence-corrected chi connectivity index (χ1v) is 10.8. The quantitative estimate of drug-likeness (QED) is 0.140. The molecule has 0 saturated carbocycles. The van der Waals surface area contributed by atoms with Crippen molar-refractivity contribution in [2.45, 2.75) is 18.9 Å². The lowest BCUT2D eigenvalue weighted by atomic mass is 10.1. The Bertz CT molecular complexity index is 1000. The van der Waals surface area contributed by atoms with Crippen LogP contribution in [0.4, 0.5) is 10.8 Å². The van der Waals surface area contributed by atoms with Crippen LogP contribution < -0.4 is 21.7 Å². The Balaban J connectivity index is 0.00000272. The predicted molar refractivity (Wildman–Crippen MR) is 139 cm³/mol. The minimum atomic E-state index is -0.522. The number of aromatic nitrogens is 1. The zero-order valence-electron chi connectivity index (χ0n) is 17.8. The van der Waals surface area contributed by atoms with Crippen LogP contribution in [0.2, 0.25) is 0 Å². The molecule has 178 valence electrons. The SMILES string of the molecule is Cl.Cl.N=C(N)Nc1nc(CC(=O)Nc2ccc(CCNCC(O)c3ccccc3)cc2)cs1. The first-order chi connectivity index (χ1) is 15.0. The van der Waals surface area contributed by atoms with Crippen molar-refractivity contribution in [2.75, 3.05) is 23.7 Å². The van der Waals surface area contributed by atoms with Gasteiger partial charge in [-0.3, -0.25) is 10.2 Å². The van der Waals surface area contributed by atoms with Gasteiger partial charge in [-0.1, -0.05) is 42.5 Å². The Labute approximate surface area is 209 Å². The van der Waals surface area contributed by atoms with E-state index in [0.29, 0.717) is 17.4 Å². The number of hydrogen-bond donors (Lipinski definition) is 6. The molecule has 3 aromatic rings. The van der Waals surface area contributed by atoms with E-state index in [1.54, 1.807) is 5.38 Å². The topological polar surface area (TPSA) is 136 Å². The molecule has 0 aliphatic heterocycles. The van der Waals surface area contributed by atoms with E-state index in [4.69, 9.17) is 11.1 Å². The van der Waals surface area contributed by atoms with E-state index in [-0.39, 0.29) is 43.1 Å². The molecule has 3 rings (SSSR count). The Hall–Kier alpha value is -2.69. The molecule has 2 aromatic carbocycles. The van der Waals surface area contributed by atoms with Gasteiger partial charge >= 0.3 is 0 Å². The molecule has 0 fully saturated rings. The molecule has 0 bridgehead atoms. The molecule has 7 N–H and O–H groups in total.